The Hall–Kier alpha value is -2.66. The van der Waals surface area contributed by atoms with Gasteiger partial charge in [-0.15, -0.1) is 0 Å². The molecule has 1 amide bonds. The Kier molecular flexibility index (Phi) is 5.23. The van der Waals surface area contributed by atoms with Crippen LogP contribution in [0.3, 0.4) is 0 Å². The van der Waals surface area contributed by atoms with E-state index in [9.17, 15) is 9.59 Å². The van der Waals surface area contributed by atoms with Crippen LogP contribution < -0.4 is 10.1 Å². The largest absolute Gasteiger partial charge is 0.484 e. The fourth-order valence-corrected chi connectivity index (χ4v) is 2.61. The molecule has 124 valence electrons. The summed E-state index contributed by atoms with van der Waals surface area (Å²) in [6.07, 6.45) is 0. The van der Waals surface area contributed by atoms with Crippen LogP contribution in [0.25, 0.3) is 0 Å². The van der Waals surface area contributed by atoms with Crippen molar-refractivity contribution >= 4 is 11.7 Å². The smallest absolute Gasteiger partial charge is 0.260 e. The van der Waals surface area contributed by atoms with Crippen molar-refractivity contribution < 1.29 is 14.3 Å². The zero-order valence-corrected chi connectivity index (χ0v) is 13.4. The van der Waals surface area contributed by atoms with Gasteiger partial charge in [0.1, 0.15) is 5.75 Å². The first kappa shape index (κ1) is 16.2. The van der Waals surface area contributed by atoms with Gasteiger partial charge in [0.2, 0.25) is 0 Å². The van der Waals surface area contributed by atoms with Crippen LogP contribution in [0.1, 0.15) is 15.9 Å². The van der Waals surface area contributed by atoms with Gasteiger partial charge in [-0.2, -0.15) is 0 Å². The fraction of sp³-hybridized carbons (Fsp3) is 0.263. The molecule has 5 heteroatoms. The Bertz CT molecular complexity index is 692. The molecule has 1 heterocycles. The highest BCUT2D eigenvalue weighted by molar-refractivity contribution is 6.08. The molecule has 1 saturated heterocycles. The monoisotopic (exact) mass is 324 g/mol. The third kappa shape index (κ3) is 4.00. The van der Waals surface area contributed by atoms with Crippen LogP contribution in [0.2, 0.25) is 0 Å². The highest BCUT2D eigenvalue weighted by atomic mass is 16.5. The summed E-state index contributed by atoms with van der Waals surface area (Å²) in [4.78, 5) is 26.2. The van der Waals surface area contributed by atoms with Gasteiger partial charge in [-0.1, -0.05) is 30.3 Å². The predicted molar refractivity (Wildman–Crippen MR) is 91.3 cm³/mol. The van der Waals surface area contributed by atoms with Gasteiger partial charge in [0.05, 0.1) is 0 Å². The number of hydrogen-bond donors (Lipinski definition) is 1. The number of nitrogens with one attached hydrogen (secondary N) is 1. The predicted octanol–water partition coefficient (Wildman–Crippen LogP) is 1.73. The summed E-state index contributed by atoms with van der Waals surface area (Å²) in [5.74, 6) is 0.545. The lowest BCUT2D eigenvalue weighted by molar-refractivity contribution is -0.133. The number of nitrogens with zero attached hydrogens (tertiary/aromatic N) is 1. The van der Waals surface area contributed by atoms with Crippen LogP contribution in [0.5, 0.6) is 5.75 Å². The number of hydrogen-bond acceptors (Lipinski definition) is 4. The molecule has 5 nitrogen and oxygen atoms in total. The van der Waals surface area contributed by atoms with Crippen LogP contribution >= 0.6 is 0 Å². The maximum Gasteiger partial charge on any atom is 0.260 e. The minimum absolute atomic E-state index is 0.0130. The van der Waals surface area contributed by atoms with Crippen LogP contribution in [0.4, 0.5) is 0 Å². The quantitative estimate of drug-likeness (QED) is 0.851. The van der Waals surface area contributed by atoms with Crippen molar-refractivity contribution in [1.29, 1.82) is 0 Å². The summed E-state index contributed by atoms with van der Waals surface area (Å²) in [5.41, 5.74) is 1.25. The SMILES string of the molecule is O=C(c1ccccc1)c1ccc(OCC(=O)N2CCNCC2)cc1. The molecule has 0 unspecified atom stereocenters. The molecule has 3 rings (SSSR count). The van der Waals surface area contributed by atoms with Crippen molar-refractivity contribution in [3.63, 3.8) is 0 Å². The molecule has 0 spiro atoms. The average molecular weight is 324 g/mol. The molecule has 0 atom stereocenters. The van der Waals surface area contributed by atoms with Crippen LogP contribution in [-0.2, 0) is 4.79 Å². The molecule has 0 radical (unpaired) electrons. The molecule has 0 bridgehead atoms. The number of benzene rings is 2. The zero-order chi connectivity index (χ0) is 16.8. The molecule has 2 aromatic carbocycles. The zero-order valence-electron chi connectivity index (χ0n) is 13.4. The maximum absolute atomic E-state index is 12.3. The van der Waals surface area contributed by atoms with E-state index in [2.05, 4.69) is 5.32 Å². The van der Waals surface area contributed by atoms with Crippen molar-refractivity contribution in [3.8, 4) is 5.75 Å². The highest BCUT2D eigenvalue weighted by Gasteiger charge is 2.16. The van der Waals surface area contributed by atoms with Gasteiger partial charge in [-0.05, 0) is 24.3 Å². The molecule has 2 aromatic rings. The maximum atomic E-state index is 12.3. The molecule has 1 N–H and O–H groups in total. The molecule has 24 heavy (non-hydrogen) atoms. The van der Waals surface area contributed by atoms with Gasteiger partial charge in [0, 0.05) is 37.3 Å². The van der Waals surface area contributed by atoms with Gasteiger partial charge >= 0.3 is 0 Å². The van der Waals surface area contributed by atoms with E-state index in [1.807, 2.05) is 18.2 Å². The minimum Gasteiger partial charge on any atom is -0.484 e. The second kappa shape index (κ2) is 7.75. The summed E-state index contributed by atoms with van der Waals surface area (Å²) < 4.78 is 5.54. The summed E-state index contributed by atoms with van der Waals surface area (Å²) >= 11 is 0. The van der Waals surface area contributed by atoms with Gasteiger partial charge in [-0.25, -0.2) is 0 Å². The summed E-state index contributed by atoms with van der Waals surface area (Å²) in [7, 11) is 0. The third-order valence-electron chi connectivity index (χ3n) is 3.98. The Morgan fingerprint density at radius 1 is 0.917 bits per heavy atom. The van der Waals surface area contributed by atoms with E-state index in [0.29, 0.717) is 30.0 Å². The van der Waals surface area contributed by atoms with Crippen LogP contribution in [-0.4, -0.2) is 49.4 Å². The summed E-state index contributed by atoms with van der Waals surface area (Å²) in [5, 5.41) is 3.21. The molecule has 0 aliphatic carbocycles. The molecule has 0 aromatic heterocycles. The third-order valence-corrected chi connectivity index (χ3v) is 3.98. The first-order valence-corrected chi connectivity index (χ1v) is 8.05. The van der Waals surface area contributed by atoms with E-state index in [-0.39, 0.29) is 18.3 Å². The molecule has 0 saturated carbocycles. The van der Waals surface area contributed by atoms with Crippen LogP contribution in [0.15, 0.2) is 54.6 Å². The number of carbonyl (C=O) groups excluding carboxylic acids is 2. The Balaban J connectivity index is 1.56. The number of ketones is 1. The van der Waals surface area contributed by atoms with E-state index < -0.39 is 0 Å². The van der Waals surface area contributed by atoms with E-state index in [1.54, 1.807) is 41.3 Å². The molecular weight excluding hydrogens is 304 g/mol. The van der Waals surface area contributed by atoms with Crippen LogP contribution in [0, 0.1) is 0 Å². The Labute approximate surface area is 141 Å². The topological polar surface area (TPSA) is 58.6 Å². The second-order valence-electron chi connectivity index (χ2n) is 5.64. The number of amides is 1. The first-order valence-electron chi connectivity index (χ1n) is 8.05. The molecular formula is C19H20N2O3. The molecule has 1 aliphatic heterocycles. The lowest BCUT2D eigenvalue weighted by atomic mass is 10.0. The highest BCUT2D eigenvalue weighted by Crippen LogP contribution is 2.15. The normalized spacial score (nSPS) is 14.2. The fourth-order valence-electron chi connectivity index (χ4n) is 2.61. The van der Waals surface area contributed by atoms with Crippen molar-refractivity contribution in [2.75, 3.05) is 32.8 Å². The Morgan fingerprint density at radius 2 is 1.54 bits per heavy atom. The van der Waals surface area contributed by atoms with E-state index >= 15 is 0 Å². The van der Waals surface area contributed by atoms with Gasteiger partial charge in [0.25, 0.3) is 5.91 Å². The summed E-state index contributed by atoms with van der Waals surface area (Å²) in [6.45, 7) is 3.09. The van der Waals surface area contributed by atoms with Crippen molar-refractivity contribution in [3.05, 3.63) is 65.7 Å². The number of piperazine rings is 1. The van der Waals surface area contributed by atoms with Gasteiger partial charge in [-0.3, -0.25) is 9.59 Å². The van der Waals surface area contributed by atoms with Crippen molar-refractivity contribution in [2.24, 2.45) is 0 Å². The second-order valence-corrected chi connectivity index (χ2v) is 5.64. The number of rotatable bonds is 5. The van der Waals surface area contributed by atoms with E-state index in [4.69, 9.17) is 4.74 Å². The lowest BCUT2D eigenvalue weighted by Gasteiger charge is -2.27. The number of carbonyl (C=O) groups is 2. The summed E-state index contributed by atoms with van der Waals surface area (Å²) in [6, 6.07) is 16.0. The number of ether oxygens (including phenoxy) is 1. The van der Waals surface area contributed by atoms with Crippen molar-refractivity contribution in [2.45, 2.75) is 0 Å². The standard InChI is InChI=1S/C19H20N2O3/c22-18(21-12-10-20-11-13-21)14-24-17-8-6-16(7-9-17)19(23)15-4-2-1-3-5-15/h1-9,20H,10-14H2. The van der Waals surface area contributed by atoms with E-state index in [0.717, 1.165) is 13.1 Å². The molecule has 1 aliphatic rings. The first-order chi connectivity index (χ1) is 11.7. The average Bonchev–Trinajstić information content (AvgIpc) is 2.67. The van der Waals surface area contributed by atoms with Gasteiger partial charge in [0.15, 0.2) is 12.4 Å². The minimum atomic E-state index is -0.0287. The lowest BCUT2D eigenvalue weighted by Crippen LogP contribution is -2.47. The van der Waals surface area contributed by atoms with E-state index in [1.165, 1.54) is 0 Å². The van der Waals surface area contributed by atoms with Crippen molar-refractivity contribution in [1.82, 2.24) is 10.2 Å². The Morgan fingerprint density at radius 3 is 2.21 bits per heavy atom. The molecule has 1 fully saturated rings. The van der Waals surface area contributed by atoms with Gasteiger partial charge < -0.3 is 15.0 Å².